The van der Waals surface area contributed by atoms with Gasteiger partial charge < -0.3 is 15.0 Å². The number of carbonyl (C=O) groups excluding carboxylic acids is 1. The van der Waals surface area contributed by atoms with Crippen molar-refractivity contribution in [1.82, 2.24) is 10.2 Å². The number of hydrogen-bond acceptors (Lipinski definition) is 5. The molecule has 0 aliphatic heterocycles. The summed E-state index contributed by atoms with van der Waals surface area (Å²) in [6.45, 7) is 3.59. The fourth-order valence-electron chi connectivity index (χ4n) is 2.40. The molecule has 146 valence electrons. The van der Waals surface area contributed by atoms with Crippen LogP contribution in [0.15, 0.2) is 53.4 Å². The Kier molecular flexibility index (Phi) is 7.20. The number of amides is 1. The lowest BCUT2D eigenvalue weighted by molar-refractivity contribution is 0.0796. The van der Waals surface area contributed by atoms with E-state index in [-0.39, 0.29) is 10.8 Å². The summed E-state index contributed by atoms with van der Waals surface area (Å²) in [4.78, 5) is 14.0. The van der Waals surface area contributed by atoms with Crippen molar-refractivity contribution in [1.29, 1.82) is 0 Å². The highest BCUT2D eigenvalue weighted by atomic mass is 32.2. The summed E-state index contributed by atoms with van der Waals surface area (Å²) in [6.07, 6.45) is 0. The predicted octanol–water partition coefficient (Wildman–Crippen LogP) is 2.18. The van der Waals surface area contributed by atoms with Gasteiger partial charge in [-0.1, -0.05) is 6.07 Å². The van der Waals surface area contributed by atoms with Crippen LogP contribution in [0.5, 0.6) is 5.75 Å². The molecule has 2 rings (SSSR count). The molecule has 2 aromatic rings. The summed E-state index contributed by atoms with van der Waals surface area (Å²) in [5, 5.41) is 2.97. The van der Waals surface area contributed by atoms with Crippen LogP contribution in [-0.4, -0.2) is 53.0 Å². The maximum absolute atomic E-state index is 12.7. The molecule has 7 nitrogen and oxygen atoms in total. The highest BCUT2D eigenvalue weighted by Gasteiger charge is 2.18. The maximum Gasteiger partial charge on any atom is 0.261 e. The van der Waals surface area contributed by atoms with E-state index in [4.69, 9.17) is 4.74 Å². The van der Waals surface area contributed by atoms with Crippen LogP contribution in [0.2, 0.25) is 0 Å². The first-order chi connectivity index (χ1) is 12.9. The summed E-state index contributed by atoms with van der Waals surface area (Å²) >= 11 is 0. The van der Waals surface area contributed by atoms with Crippen molar-refractivity contribution in [2.24, 2.45) is 0 Å². The second-order valence-electron chi connectivity index (χ2n) is 5.92. The molecule has 0 unspecified atom stereocenters. The quantitative estimate of drug-likeness (QED) is 0.684. The van der Waals surface area contributed by atoms with Gasteiger partial charge in [0.05, 0.1) is 11.5 Å². The number of hydrogen-bond donors (Lipinski definition) is 2. The van der Waals surface area contributed by atoms with Crippen LogP contribution in [0, 0.1) is 0 Å². The summed E-state index contributed by atoms with van der Waals surface area (Å²) in [6, 6.07) is 12.7. The number of sulfonamides is 1. The molecule has 0 aliphatic carbocycles. The molecule has 0 bridgehead atoms. The van der Waals surface area contributed by atoms with Gasteiger partial charge in [-0.25, -0.2) is 8.42 Å². The van der Waals surface area contributed by atoms with E-state index in [0.717, 1.165) is 0 Å². The molecule has 8 heteroatoms. The Bertz CT molecular complexity index is 867. The smallest absolute Gasteiger partial charge is 0.261 e. The van der Waals surface area contributed by atoms with E-state index in [0.29, 0.717) is 36.7 Å². The van der Waals surface area contributed by atoms with Gasteiger partial charge >= 0.3 is 0 Å². The number of ether oxygens (including phenoxy) is 1. The van der Waals surface area contributed by atoms with E-state index < -0.39 is 10.0 Å². The zero-order valence-corrected chi connectivity index (χ0v) is 16.5. The van der Waals surface area contributed by atoms with Crippen molar-refractivity contribution >= 4 is 21.6 Å². The first-order valence-electron chi connectivity index (χ1n) is 8.63. The fraction of sp³-hybridized carbons (Fsp3) is 0.316. The van der Waals surface area contributed by atoms with Crippen molar-refractivity contribution in [3.05, 3.63) is 54.1 Å². The Labute approximate surface area is 160 Å². The van der Waals surface area contributed by atoms with Gasteiger partial charge in [0.1, 0.15) is 5.75 Å². The highest BCUT2D eigenvalue weighted by molar-refractivity contribution is 7.92. The zero-order chi connectivity index (χ0) is 19.9. The second-order valence-corrected chi connectivity index (χ2v) is 7.60. The Morgan fingerprint density at radius 3 is 2.48 bits per heavy atom. The van der Waals surface area contributed by atoms with Crippen molar-refractivity contribution in [3.63, 3.8) is 0 Å². The van der Waals surface area contributed by atoms with Crippen LogP contribution in [0.4, 0.5) is 5.69 Å². The number of benzene rings is 2. The molecular formula is C19H25N3O4S. The van der Waals surface area contributed by atoms with Gasteiger partial charge in [0.2, 0.25) is 0 Å². The number of likely N-dealkylation sites (N-methyl/N-ethyl adjacent to an activating group) is 2. The molecule has 0 saturated heterocycles. The summed E-state index contributed by atoms with van der Waals surface area (Å²) in [5.74, 6) is 0.431. The predicted molar refractivity (Wildman–Crippen MR) is 106 cm³/mol. The average Bonchev–Trinajstić information content (AvgIpc) is 2.67. The minimum absolute atomic E-state index is 0.0317. The van der Waals surface area contributed by atoms with Crippen molar-refractivity contribution in [2.75, 3.05) is 38.5 Å². The molecule has 0 saturated carbocycles. The van der Waals surface area contributed by atoms with Crippen molar-refractivity contribution in [2.45, 2.75) is 11.8 Å². The minimum Gasteiger partial charge on any atom is -0.494 e. The second kappa shape index (κ2) is 9.38. The average molecular weight is 391 g/mol. The number of nitrogens with zero attached hydrogens (tertiary/aromatic N) is 1. The molecule has 0 aromatic heterocycles. The van der Waals surface area contributed by atoms with Crippen molar-refractivity contribution in [3.8, 4) is 5.75 Å². The zero-order valence-electron chi connectivity index (χ0n) is 15.7. The summed E-state index contributed by atoms with van der Waals surface area (Å²) < 4.78 is 33.2. The van der Waals surface area contributed by atoms with Crippen LogP contribution < -0.4 is 14.8 Å². The minimum atomic E-state index is -3.81. The molecule has 0 radical (unpaired) electrons. The molecule has 0 atom stereocenters. The Morgan fingerprint density at radius 2 is 1.85 bits per heavy atom. The van der Waals surface area contributed by atoms with Gasteiger partial charge in [-0.15, -0.1) is 0 Å². The largest absolute Gasteiger partial charge is 0.494 e. The highest BCUT2D eigenvalue weighted by Crippen LogP contribution is 2.20. The van der Waals surface area contributed by atoms with Gasteiger partial charge in [0, 0.05) is 31.4 Å². The number of carbonyl (C=O) groups is 1. The summed E-state index contributed by atoms with van der Waals surface area (Å²) in [5.41, 5.74) is 0.740. The molecule has 2 N–H and O–H groups in total. The molecule has 0 fully saturated rings. The molecule has 0 aliphatic rings. The first-order valence-corrected chi connectivity index (χ1v) is 10.1. The van der Waals surface area contributed by atoms with E-state index in [9.17, 15) is 13.2 Å². The van der Waals surface area contributed by atoms with Gasteiger partial charge in [0.25, 0.3) is 15.9 Å². The topological polar surface area (TPSA) is 87.7 Å². The molecular weight excluding hydrogens is 366 g/mol. The van der Waals surface area contributed by atoms with Gasteiger partial charge in [-0.3, -0.25) is 9.52 Å². The van der Waals surface area contributed by atoms with Crippen LogP contribution in [0.1, 0.15) is 17.3 Å². The Balaban J connectivity index is 2.17. The van der Waals surface area contributed by atoms with E-state index >= 15 is 0 Å². The molecule has 27 heavy (non-hydrogen) atoms. The molecule has 1 amide bonds. The number of anilines is 1. The maximum atomic E-state index is 12.7. The van der Waals surface area contributed by atoms with Gasteiger partial charge in [0.15, 0.2) is 0 Å². The van der Waals surface area contributed by atoms with Gasteiger partial charge in [-0.2, -0.15) is 0 Å². The van der Waals surface area contributed by atoms with Gasteiger partial charge in [-0.05, 0) is 56.4 Å². The molecule has 2 aromatic carbocycles. The molecule has 0 spiro atoms. The lowest BCUT2D eigenvalue weighted by Crippen LogP contribution is -2.32. The van der Waals surface area contributed by atoms with Crippen molar-refractivity contribution < 1.29 is 17.9 Å². The molecule has 0 heterocycles. The fourth-order valence-corrected chi connectivity index (χ4v) is 3.50. The SMILES string of the molecule is CCOc1ccc(NS(=O)(=O)c2cccc(C(=O)N(C)CCNC)c2)cc1. The lowest BCUT2D eigenvalue weighted by atomic mass is 10.2. The van der Waals surface area contributed by atoms with Crippen LogP contribution >= 0.6 is 0 Å². The summed E-state index contributed by atoms with van der Waals surface area (Å²) in [7, 11) is -0.328. The third-order valence-corrected chi connectivity index (χ3v) is 5.23. The third-order valence-electron chi connectivity index (χ3n) is 3.85. The standard InChI is InChI=1S/C19H25N3O4S/c1-4-26-17-10-8-16(9-11-17)21-27(24,25)18-7-5-6-15(14-18)19(23)22(3)13-12-20-2/h5-11,14,20-21H,4,12-13H2,1-3H3. The monoisotopic (exact) mass is 391 g/mol. The third kappa shape index (κ3) is 5.70. The Hall–Kier alpha value is -2.58. The van der Waals surface area contributed by atoms with E-state index in [1.807, 2.05) is 6.92 Å². The Morgan fingerprint density at radius 1 is 1.15 bits per heavy atom. The van der Waals surface area contributed by atoms with Crippen LogP contribution in [0.3, 0.4) is 0 Å². The van der Waals surface area contributed by atoms with E-state index in [2.05, 4.69) is 10.0 Å². The number of rotatable bonds is 9. The van der Waals surface area contributed by atoms with E-state index in [1.165, 1.54) is 12.1 Å². The normalized spacial score (nSPS) is 11.1. The van der Waals surface area contributed by atoms with Crippen LogP contribution in [0.25, 0.3) is 0 Å². The lowest BCUT2D eigenvalue weighted by Gasteiger charge is -2.17. The number of nitrogens with one attached hydrogen (secondary N) is 2. The first kappa shape index (κ1) is 20.7. The van der Waals surface area contributed by atoms with Crippen LogP contribution in [-0.2, 0) is 10.0 Å². The van der Waals surface area contributed by atoms with E-state index in [1.54, 1.807) is 55.4 Å².